The first-order valence-electron chi connectivity index (χ1n) is 6.12. The van der Waals surface area contributed by atoms with E-state index in [1.807, 2.05) is 6.92 Å². The molecule has 1 aromatic heterocycles. The molecule has 1 aliphatic rings. The summed E-state index contributed by atoms with van der Waals surface area (Å²) >= 11 is 12.2. The summed E-state index contributed by atoms with van der Waals surface area (Å²) in [4.78, 5) is 4.40. The maximum Gasteiger partial charge on any atom is 0.147 e. The quantitative estimate of drug-likeness (QED) is 0.873. The maximum absolute atomic E-state index is 6.12. The Morgan fingerprint density at radius 1 is 1.33 bits per heavy atom. The van der Waals surface area contributed by atoms with Crippen molar-refractivity contribution in [3.8, 4) is 0 Å². The first-order chi connectivity index (χ1) is 8.70. The summed E-state index contributed by atoms with van der Waals surface area (Å²) in [5.41, 5.74) is 0. The molecule has 1 atom stereocenters. The highest BCUT2D eigenvalue weighted by atomic mass is 35.5. The predicted molar refractivity (Wildman–Crippen MR) is 75.8 cm³/mol. The van der Waals surface area contributed by atoms with Gasteiger partial charge in [-0.05, 0) is 19.4 Å². The molecule has 4 nitrogen and oxygen atoms in total. The molecule has 6 heteroatoms. The number of anilines is 2. The minimum absolute atomic E-state index is 0.529. The van der Waals surface area contributed by atoms with Gasteiger partial charge in [0.1, 0.15) is 11.6 Å². The highest BCUT2D eigenvalue weighted by Gasteiger charge is 2.16. The van der Waals surface area contributed by atoms with Gasteiger partial charge in [0, 0.05) is 25.6 Å². The lowest BCUT2D eigenvalue weighted by Crippen LogP contribution is -2.15. The van der Waals surface area contributed by atoms with E-state index in [9.17, 15) is 0 Å². The molecule has 0 radical (unpaired) electrons. The number of halogens is 2. The molecule has 1 unspecified atom stereocenters. The molecule has 0 aliphatic carbocycles. The van der Waals surface area contributed by atoms with Crippen molar-refractivity contribution in [1.29, 1.82) is 0 Å². The summed E-state index contributed by atoms with van der Waals surface area (Å²) in [5, 5.41) is 7.44. The van der Waals surface area contributed by atoms with Crippen LogP contribution in [0.5, 0.6) is 0 Å². The number of nitrogens with zero attached hydrogens (tertiary/aromatic N) is 1. The second-order valence-electron chi connectivity index (χ2n) is 4.29. The van der Waals surface area contributed by atoms with E-state index >= 15 is 0 Å². The van der Waals surface area contributed by atoms with Crippen LogP contribution in [0.3, 0.4) is 0 Å². The molecule has 0 aromatic carbocycles. The largest absolute Gasteiger partial charge is 0.381 e. The number of nitrogens with one attached hydrogen (secondary N) is 2. The highest BCUT2D eigenvalue weighted by Crippen LogP contribution is 2.29. The average Bonchev–Trinajstić information content (AvgIpc) is 2.84. The van der Waals surface area contributed by atoms with Gasteiger partial charge >= 0.3 is 0 Å². The Hall–Kier alpha value is -0.710. The molecule has 0 spiro atoms. The monoisotopic (exact) mass is 289 g/mol. The molecule has 2 N–H and O–H groups in total. The predicted octanol–water partition coefficient (Wildman–Crippen LogP) is 3.27. The molecule has 1 aliphatic heterocycles. The van der Waals surface area contributed by atoms with Gasteiger partial charge in [-0.2, -0.15) is 0 Å². The molecule has 18 heavy (non-hydrogen) atoms. The number of aromatic nitrogens is 1. The van der Waals surface area contributed by atoms with E-state index in [-0.39, 0.29) is 0 Å². The Balaban J connectivity index is 2.03. The molecule has 0 saturated carbocycles. The normalized spacial score (nSPS) is 18.9. The Bertz CT molecular complexity index is 409. The first-order valence-corrected chi connectivity index (χ1v) is 6.87. The zero-order chi connectivity index (χ0) is 13.0. The Kier molecular flexibility index (Phi) is 4.92. The maximum atomic E-state index is 6.12. The Labute approximate surface area is 117 Å². The third-order valence-corrected chi connectivity index (χ3v) is 3.43. The first kappa shape index (κ1) is 13.7. The fourth-order valence-electron chi connectivity index (χ4n) is 1.87. The van der Waals surface area contributed by atoms with Gasteiger partial charge < -0.3 is 15.4 Å². The summed E-state index contributed by atoms with van der Waals surface area (Å²) < 4.78 is 5.33. The zero-order valence-electron chi connectivity index (χ0n) is 10.3. The van der Waals surface area contributed by atoms with Crippen LogP contribution in [0.4, 0.5) is 11.6 Å². The lowest BCUT2D eigenvalue weighted by Gasteiger charge is -2.13. The van der Waals surface area contributed by atoms with E-state index in [4.69, 9.17) is 27.9 Å². The third kappa shape index (κ3) is 3.40. The fourth-order valence-corrected chi connectivity index (χ4v) is 2.36. The van der Waals surface area contributed by atoms with Gasteiger partial charge in [-0.1, -0.05) is 23.2 Å². The van der Waals surface area contributed by atoms with Crippen molar-refractivity contribution in [1.82, 2.24) is 4.98 Å². The fraction of sp³-hybridized carbons (Fsp3) is 0.583. The van der Waals surface area contributed by atoms with Gasteiger partial charge in [0.15, 0.2) is 0 Å². The average molecular weight is 290 g/mol. The van der Waals surface area contributed by atoms with Gasteiger partial charge in [-0.15, -0.1) is 0 Å². The molecular weight excluding hydrogens is 273 g/mol. The van der Waals surface area contributed by atoms with Gasteiger partial charge in [-0.3, -0.25) is 0 Å². The van der Waals surface area contributed by atoms with Crippen molar-refractivity contribution in [2.75, 3.05) is 36.9 Å². The van der Waals surface area contributed by atoms with E-state index in [1.54, 1.807) is 6.07 Å². The molecule has 1 aromatic rings. The lowest BCUT2D eigenvalue weighted by molar-refractivity contribution is 0.187. The van der Waals surface area contributed by atoms with Crippen molar-refractivity contribution >= 4 is 34.8 Å². The van der Waals surface area contributed by atoms with Crippen LogP contribution in [0, 0.1) is 5.92 Å². The van der Waals surface area contributed by atoms with E-state index in [0.717, 1.165) is 32.7 Å². The molecule has 2 rings (SSSR count). The van der Waals surface area contributed by atoms with Crippen molar-refractivity contribution in [3.05, 3.63) is 16.1 Å². The van der Waals surface area contributed by atoms with Crippen LogP contribution in [-0.2, 0) is 4.74 Å². The Morgan fingerprint density at radius 2 is 2.06 bits per heavy atom. The highest BCUT2D eigenvalue weighted by molar-refractivity contribution is 6.37. The summed E-state index contributed by atoms with van der Waals surface area (Å²) in [6.07, 6.45) is 1.08. The van der Waals surface area contributed by atoms with Crippen LogP contribution in [0.2, 0.25) is 10.0 Å². The molecular formula is C12H17Cl2N3O. The van der Waals surface area contributed by atoms with Gasteiger partial charge in [0.2, 0.25) is 0 Å². The van der Waals surface area contributed by atoms with Gasteiger partial charge in [-0.25, -0.2) is 4.98 Å². The number of ether oxygens (including phenoxy) is 1. The van der Waals surface area contributed by atoms with Crippen molar-refractivity contribution in [3.63, 3.8) is 0 Å². The standard InChI is InChI=1S/C12H17Cl2N3O/c1-2-15-11-9(13)5-10(14)12(17-11)16-6-8-3-4-18-7-8/h5,8H,2-4,6-7H2,1H3,(H2,15,16,17). The summed E-state index contributed by atoms with van der Waals surface area (Å²) in [5.74, 6) is 1.86. The van der Waals surface area contributed by atoms with Crippen LogP contribution in [-0.4, -0.2) is 31.3 Å². The SMILES string of the molecule is CCNc1nc(NCC2CCOC2)c(Cl)cc1Cl. The summed E-state index contributed by atoms with van der Waals surface area (Å²) in [7, 11) is 0. The number of rotatable bonds is 5. The van der Waals surface area contributed by atoms with E-state index < -0.39 is 0 Å². The lowest BCUT2D eigenvalue weighted by atomic mass is 10.1. The van der Waals surface area contributed by atoms with Crippen molar-refractivity contribution in [2.24, 2.45) is 5.92 Å². The molecule has 1 saturated heterocycles. The number of hydrogen-bond donors (Lipinski definition) is 2. The number of hydrogen-bond acceptors (Lipinski definition) is 4. The zero-order valence-corrected chi connectivity index (χ0v) is 11.8. The third-order valence-electron chi connectivity index (χ3n) is 2.86. The number of pyridine rings is 1. The minimum atomic E-state index is 0.529. The minimum Gasteiger partial charge on any atom is -0.381 e. The van der Waals surface area contributed by atoms with Crippen LogP contribution in [0.1, 0.15) is 13.3 Å². The summed E-state index contributed by atoms with van der Waals surface area (Å²) in [6.45, 7) is 5.23. The van der Waals surface area contributed by atoms with Crippen LogP contribution >= 0.6 is 23.2 Å². The second-order valence-corrected chi connectivity index (χ2v) is 5.10. The van der Waals surface area contributed by atoms with Crippen LogP contribution in [0.25, 0.3) is 0 Å². The molecule has 1 fully saturated rings. The molecule has 0 amide bonds. The van der Waals surface area contributed by atoms with Crippen LogP contribution in [0.15, 0.2) is 6.07 Å². The van der Waals surface area contributed by atoms with E-state index in [1.165, 1.54) is 0 Å². The molecule has 2 heterocycles. The Morgan fingerprint density at radius 3 is 2.67 bits per heavy atom. The topological polar surface area (TPSA) is 46.2 Å². The van der Waals surface area contributed by atoms with Crippen molar-refractivity contribution in [2.45, 2.75) is 13.3 Å². The van der Waals surface area contributed by atoms with Crippen LogP contribution < -0.4 is 10.6 Å². The van der Waals surface area contributed by atoms with Gasteiger partial charge in [0.05, 0.1) is 16.7 Å². The smallest absolute Gasteiger partial charge is 0.147 e. The van der Waals surface area contributed by atoms with E-state index in [0.29, 0.717) is 27.6 Å². The molecule has 0 bridgehead atoms. The second kappa shape index (κ2) is 6.45. The summed E-state index contributed by atoms with van der Waals surface area (Å²) in [6, 6.07) is 1.71. The van der Waals surface area contributed by atoms with Crippen molar-refractivity contribution < 1.29 is 4.74 Å². The molecule has 100 valence electrons. The van der Waals surface area contributed by atoms with E-state index in [2.05, 4.69) is 15.6 Å². The van der Waals surface area contributed by atoms with Gasteiger partial charge in [0.25, 0.3) is 0 Å².